The maximum absolute atomic E-state index is 13.2. The second-order valence-electron chi connectivity index (χ2n) is 5.45. The highest BCUT2D eigenvalue weighted by Gasteiger charge is 2.39. The van der Waals surface area contributed by atoms with Crippen LogP contribution in [0.15, 0.2) is 12.3 Å². The largest absolute Gasteiger partial charge is 0.372 e. The molecule has 1 fully saturated rings. The van der Waals surface area contributed by atoms with Gasteiger partial charge in [-0.1, -0.05) is 0 Å². The number of anilines is 1. The van der Waals surface area contributed by atoms with Crippen LogP contribution in [0.5, 0.6) is 0 Å². The van der Waals surface area contributed by atoms with Crippen molar-refractivity contribution in [2.45, 2.75) is 24.8 Å². The van der Waals surface area contributed by atoms with Crippen LogP contribution < -0.4 is 10.6 Å². The topological polar surface area (TPSA) is 57.3 Å². The maximum Gasteiger partial charge on any atom is 0.255 e. The van der Waals surface area contributed by atoms with E-state index in [9.17, 15) is 9.18 Å². The molecule has 0 aromatic carbocycles. The van der Waals surface area contributed by atoms with Gasteiger partial charge in [-0.3, -0.25) is 4.79 Å². The van der Waals surface area contributed by atoms with E-state index < -0.39 is 5.82 Å². The number of carbonyl (C=O) groups is 1. The highest BCUT2D eigenvalue weighted by molar-refractivity contribution is 5.98. The summed E-state index contributed by atoms with van der Waals surface area (Å²) in [5, 5.41) is 5.70. The minimum absolute atomic E-state index is 0.0379. The first kappa shape index (κ1) is 14.7. The Morgan fingerprint density at radius 3 is 2.70 bits per heavy atom. The number of hydrogen-bond donors (Lipinski definition) is 2. The van der Waals surface area contributed by atoms with E-state index in [2.05, 4.69) is 20.5 Å². The van der Waals surface area contributed by atoms with Crippen molar-refractivity contribution in [3.05, 3.63) is 23.6 Å². The molecule has 0 bridgehead atoms. The molecule has 0 aliphatic heterocycles. The Balaban J connectivity index is 2.07. The Morgan fingerprint density at radius 1 is 1.50 bits per heavy atom. The van der Waals surface area contributed by atoms with Crippen molar-refractivity contribution < 1.29 is 9.18 Å². The predicted molar refractivity (Wildman–Crippen MR) is 76.3 cm³/mol. The third-order valence-corrected chi connectivity index (χ3v) is 4.15. The molecule has 20 heavy (non-hydrogen) atoms. The standard InChI is InChI=1S/C14H21FN4O/c1-16-12-11(7-10(15)8-17-12)13(20)18-9-14(19(2)3)5-4-6-14/h7-8H,4-6,9H2,1-3H3,(H,16,17)(H,18,20). The van der Waals surface area contributed by atoms with E-state index in [0.717, 1.165) is 19.0 Å². The number of aromatic nitrogens is 1. The minimum atomic E-state index is -0.514. The lowest BCUT2D eigenvalue weighted by Crippen LogP contribution is -2.57. The van der Waals surface area contributed by atoms with Crippen molar-refractivity contribution in [3.63, 3.8) is 0 Å². The van der Waals surface area contributed by atoms with E-state index in [4.69, 9.17) is 0 Å². The number of hydrogen-bond acceptors (Lipinski definition) is 4. The molecule has 1 aromatic rings. The Bertz CT molecular complexity index is 500. The van der Waals surface area contributed by atoms with E-state index in [1.807, 2.05) is 14.1 Å². The fraction of sp³-hybridized carbons (Fsp3) is 0.571. The number of likely N-dealkylation sites (N-methyl/N-ethyl adjacent to an activating group) is 1. The lowest BCUT2D eigenvalue weighted by atomic mass is 9.75. The molecule has 6 heteroatoms. The quantitative estimate of drug-likeness (QED) is 0.857. The Labute approximate surface area is 118 Å². The van der Waals surface area contributed by atoms with E-state index in [1.54, 1.807) is 7.05 Å². The maximum atomic E-state index is 13.2. The summed E-state index contributed by atoms with van der Waals surface area (Å²) in [5.41, 5.74) is 0.275. The van der Waals surface area contributed by atoms with E-state index >= 15 is 0 Å². The van der Waals surface area contributed by atoms with Gasteiger partial charge < -0.3 is 15.5 Å². The monoisotopic (exact) mass is 280 g/mol. The highest BCUT2D eigenvalue weighted by atomic mass is 19.1. The SMILES string of the molecule is CNc1ncc(F)cc1C(=O)NCC1(N(C)C)CCC1. The van der Waals surface area contributed by atoms with Crippen molar-refractivity contribution in [2.24, 2.45) is 0 Å². The summed E-state index contributed by atoms with van der Waals surface area (Å²) in [7, 11) is 5.70. The highest BCUT2D eigenvalue weighted by Crippen LogP contribution is 2.35. The van der Waals surface area contributed by atoms with Crippen molar-refractivity contribution in [1.29, 1.82) is 0 Å². The molecule has 1 amide bonds. The van der Waals surface area contributed by atoms with Gasteiger partial charge in [0.25, 0.3) is 5.91 Å². The second kappa shape index (κ2) is 5.75. The van der Waals surface area contributed by atoms with Crippen LogP contribution in [-0.4, -0.2) is 49.0 Å². The summed E-state index contributed by atoms with van der Waals surface area (Å²) in [5.74, 6) is -0.425. The van der Waals surface area contributed by atoms with Gasteiger partial charge in [0.05, 0.1) is 11.8 Å². The molecule has 1 aliphatic rings. The fourth-order valence-electron chi connectivity index (χ4n) is 2.52. The van der Waals surface area contributed by atoms with Gasteiger partial charge >= 0.3 is 0 Å². The number of amides is 1. The molecule has 0 saturated heterocycles. The van der Waals surface area contributed by atoms with Crippen LogP contribution in [0.3, 0.4) is 0 Å². The molecule has 5 nitrogen and oxygen atoms in total. The van der Waals surface area contributed by atoms with Crippen LogP contribution in [-0.2, 0) is 0 Å². The van der Waals surface area contributed by atoms with Crippen molar-refractivity contribution in [1.82, 2.24) is 15.2 Å². The van der Waals surface area contributed by atoms with Crippen LogP contribution in [0, 0.1) is 5.82 Å². The minimum Gasteiger partial charge on any atom is -0.372 e. The molecule has 2 rings (SSSR count). The fourth-order valence-corrected chi connectivity index (χ4v) is 2.52. The zero-order valence-corrected chi connectivity index (χ0v) is 12.2. The third kappa shape index (κ3) is 2.75. The van der Waals surface area contributed by atoms with Crippen LogP contribution in [0.2, 0.25) is 0 Å². The Hall–Kier alpha value is -1.69. The molecular formula is C14H21FN4O. The number of halogens is 1. The first-order valence-electron chi connectivity index (χ1n) is 6.77. The lowest BCUT2D eigenvalue weighted by Gasteiger charge is -2.47. The Kier molecular flexibility index (Phi) is 4.23. The molecule has 0 atom stereocenters. The van der Waals surface area contributed by atoms with Gasteiger partial charge in [0.2, 0.25) is 0 Å². The first-order chi connectivity index (χ1) is 9.48. The molecule has 0 spiro atoms. The van der Waals surface area contributed by atoms with Gasteiger partial charge in [-0.25, -0.2) is 9.37 Å². The zero-order chi connectivity index (χ0) is 14.8. The van der Waals surface area contributed by atoms with Crippen molar-refractivity contribution in [2.75, 3.05) is 33.0 Å². The number of nitrogens with one attached hydrogen (secondary N) is 2. The smallest absolute Gasteiger partial charge is 0.255 e. The summed E-state index contributed by atoms with van der Waals surface area (Å²) >= 11 is 0. The summed E-state index contributed by atoms with van der Waals surface area (Å²) in [6, 6.07) is 1.21. The zero-order valence-electron chi connectivity index (χ0n) is 12.2. The average Bonchev–Trinajstić information content (AvgIpc) is 2.36. The van der Waals surface area contributed by atoms with Gasteiger partial charge in [-0.2, -0.15) is 0 Å². The number of carbonyl (C=O) groups excluding carboxylic acids is 1. The van der Waals surface area contributed by atoms with E-state index in [1.165, 1.54) is 12.5 Å². The third-order valence-electron chi connectivity index (χ3n) is 4.15. The summed E-state index contributed by atoms with van der Waals surface area (Å²) in [4.78, 5) is 18.2. The van der Waals surface area contributed by atoms with Crippen LogP contribution >= 0.6 is 0 Å². The molecule has 1 aromatic heterocycles. The molecule has 1 saturated carbocycles. The van der Waals surface area contributed by atoms with Gasteiger partial charge in [-0.05, 0) is 39.4 Å². The molecule has 2 N–H and O–H groups in total. The lowest BCUT2D eigenvalue weighted by molar-refractivity contribution is 0.0557. The molecule has 0 radical (unpaired) electrons. The average molecular weight is 280 g/mol. The predicted octanol–water partition coefficient (Wildman–Crippen LogP) is 1.48. The Morgan fingerprint density at radius 2 is 2.20 bits per heavy atom. The van der Waals surface area contributed by atoms with Gasteiger partial charge in [0.1, 0.15) is 11.6 Å². The normalized spacial score (nSPS) is 16.6. The first-order valence-corrected chi connectivity index (χ1v) is 6.77. The number of rotatable bonds is 5. The molecule has 0 unspecified atom stereocenters. The van der Waals surface area contributed by atoms with Gasteiger partial charge in [0, 0.05) is 19.1 Å². The van der Waals surface area contributed by atoms with Crippen LogP contribution in [0.1, 0.15) is 29.6 Å². The molecule has 1 heterocycles. The molecule has 110 valence electrons. The molecular weight excluding hydrogens is 259 g/mol. The van der Waals surface area contributed by atoms with E-state index in [-0.39, 0.29) is 17.0 Å². The summed E-state index contributed by atoms with van der Waals surface area (Å²) in [6.45, 7) is 0.568. The van der Waals surface area contributed by atoms with Crippen molar-refractivity contribution >= 4 is 11.7 Å². The van der Waals surface area contributed by atoms with Crippen LogP contribution in [0.4, 0.5) is 10.2 Å². The molecule has 1 aliphatic carbocycles. The summed E-state index contributed by atoms with van der Waals surface area (Å²) < 4.78 is 13.2. The second-order valence-corrected chi connectivity index (χ2v) is 5.45. The van der Waals surface area contributed by atoms with Gasteiger partial charge in [-0.15, -0.1) is 0 Å². The number of nitrogens with zero attached hydrogens (tertiary/aromatic N) is 2. The van der Waals surface area contributed by atoms with Crippen molar-refractivity contribution in [3.8, 4) is 0 Å². The van der Waals surface area contributed by atoms with Gasteiger partial charge in [0.15, 0.2) is 0 Å². The number of pyridine rings is 1. The van der Waals surface area contributed by atoms with E-state index in [0.29, 0.717) is 12.4 Å². The summed E-state index contributed by atoms with van der Waals surface area (Å²) in [6.07, 6.45) is 4.41. The van der Waals surface area contributed by atoms with Crippen LogP contribution in [0.25, 0.3) is 0 Å².